The Morgan fingerprint density at radius 2 is 1.93 bits per heavy atom. The zero-order valence-corrected chi connectivity index (χ0v) is 16.8. The Bertz CT molecular complexity index is 1150. The number of hydrogen-bond acceptors (Lipinski definition) is 7. The van der Waals surface area contributed by atoms with Gasteiger partial charge in [-0.25, -0.2) is 9.67 Å². The third-order valence-electron chi connectivity index (χ3n) is 3.91. The van der Waals surface area contributed by atoms with E-state index in [1.807, 2.05) is 53.2 Å². The van der Waals surface area contributed by atoms with Gasteiger partial charge in [0.1, 0.15) is 18.1 Å². The number of nitrogens with zero attached hydrogens (tertiary/aromatic N) is 3. The summed E-state index contributed by atoms with van der Waals surface area (Å²) in [6, 6.07) is 15.9. The summed E-state index contributed by atoms with van der Waals surface area (Å²) in [4.78, 5) is 30.0. The number of anilines is 1. The van der Waals surface area contributed by atoms with E-state index in [1.165, 1.54) is 28.2 Å². The van der Waals surface area contributed by atoms with Gasteiger partial charge >= 0.3 is 0 Å². The maximum Gasteiger partial charge on any atom is 0.277 e. The van der Waals surface area contributed by atoms with Crippen LogP contribution in [0.15, 0.2) is 70.2 Å². The van der Waals surface area contributed by atoms with Crippen molar-refractivity contribution in [3.05, 3.63) is 81.4 Å². The fourth-order valence-electron chi connectivity index (χ4n) is 2.53. The summed E-state index contributed by atoms with van der Waals surface area (Å²) in [5.41, 5.74) is 0.654. The van der Waals surface area contributed by atoms with Crippen LogP contribution in [-0.2, 0) is 6.54 Å². The van der Waals surface area contributed by atoms with Crippen molar-refractivity contribution in [3.63, 3.8) is 0 Å². The van der Waals surface area contributed by atoms with E-state index >= 15 is 0 Å². The fourth-order valence-corrected chi connectivity index (χ4v) is 3.99. The minimum absolute atomic E-state index is 0.136. The number of rotatable bonds is 7. The zero-order valence-electron chi connectivity index (χ0n) is 15.1. The molecule has 4 rings (SSSR count). The first-order valence-electron chi connectivity index (χ1n) is 8.76. The minimum atomic E-state index is -0.421. The minimum Gasteiger partial charge on any atom is -0.492 e. The topological polar surface area (TPSA) is 86.1 Å². The van der Waals surface area contributed by atoms with Crippen molar-refractivity contribution in [2.45, 2.75) is 6.54 Å². The molecule has 0 unspecified atom stereocenters. The highest BCUT2D eigenvalue weighted by Gasteiger charge is 2.13. The lowest BCUT2D eigenvalue weighted by atomic mass is 10.3. The first-order chi connectivity index (χ1) is 14.2. The Morgan fingerprint density at radius 1 is 1.07 bits per heavy atom. The number of benzene rings is 1. The van der Waals surface area contributed by atoms with Crippen LogP contribution in [0.1, 0.15) is 10.5 Å². The number of carbonyl (C=O) groups excluding carboxylic acids is 1. The number of thiophene rings is 1. The van der Waals surface area contributed by atoms with Gasteiger partial charge in [0.2, 0.25) is 0 Å². The standard InChI is InChI=1S/C20H16N4O3S2/c25-18-9-8-15(23-24(18)10-11-27-14-5-2-1-3-6-14)19(26)22-20-21-16(13-29-20)17-7-4-12-28-17/h1-9,12-13H,10-11H2,(H,21,22,26). The lowest BCUT2D eigenvalue weighted by Gasteiger charge is -2.08. The van der Waals surface area contributed by atoms with Crippen LogP contribution in [0.25, 0.3) is 10.6 Å². The first-order valence-corrected chi connectivity index (χ1v) is 10.5. The quantitative estimate of drug-likeness (QED) is 0.488. The molecular weight excluding hydrogens is 408 g/mol. The van der Waals surface area contributed by atoms with Crippen LogP contribution in [0.5, 0.6) is 5.75 Å². The van der Waals surface area contributed by atoms with Gasteiger partial charge in [-0.15, -0.1) is 22.7 Å². The Kier molecular flexibility index (Phi) is 5.78. The molecule has 0 bridgehead atoms. The van der Waals surface area contributed by atoms with Crippen LogP contribution in [-0.4, -0.2) is 27.3 Å². The van der Waals surface area contributed by atoms with E-state index < -0.39 is 5.91 Å². The molecule has 0 aliphatic rings. The second-order valence-corrected chi connectivity index (χ2v) is 7.72. The predicted octanol–water partition coefficient (Wildman–Crippen LogP) is 3.76. The molecule has 0 saturated carbocycles. The summed E-state index contributed by atoms with van der Waals surface area (Å²) in [7, 11) is 0. The third kappa shape index (κ3) is 4.76. The molecule has 3 heterocycles. The molecule has 146 valence electrons. The molecule has 29 heavy (non-hydrogen) atoms. The fraction of sp³-hybridized carbons (Fsp3) is 0.100. The molecule has 1 N–H and O–H groups in total. The number of amides is 1. The summed E-state index contributed by atoms with van der Waals surface area (Å²) in [6.07, 6.45) is 0. The molecule has 1 aromatic carbocycles. The van der Waals surface area contributed by atoms with Gasteiger partial charge in [-0.1, -0.05) is 24.3 Å². The summed E-state index contributed by atoms with van der Waals surface area (Å²) < 4.78 is 6.81. The van der Waals surface area contributed by atoms with Gasteiger partial charge in [-0.3, -0.25) is 14.9 Å². The summed E-state index contributed by atoms with van der Waals surface area (Å²) in [5, 5.41) is 11.2. The number of carbonyl (C=O) groups is 1. The van der Waals surface area contributed by atoms with Crippen molar-refractivity contribution in [1.82, 2.24) is 14.8 Å². The van der Waals surface area contributed by atoms with E-state index in [4.69, 9.17) is 4.74 Å². The molecule has 4 aromatic rings. The maximum atomic E-state index is 12.5. The number of aromatic nitrogens is 3. The molecule has 0 radical (unpaired) electrons. The summed E-state index contributed by atoms with van der Waals surface area (Å²) in [6.45, 7) is 0.493. The maximum absolute atomic E-state index is 12.5. The Morgan fingerprint density at radius 3 is 2.72 bits per heavy atom. The second kappa shape index (κ2) is 8.80. The number of nitrogens with one attached hydrogen (secondary N) is 1. The number of ether oxygens (including phenoxy) is 1. The van der Waals surface area contributed by atoms with Gasteiger partial charge in [0.25, 0.3) is 11.5 Å². The van der Waals surface area contributed by atoms with Crippen molar-refractivity contribution in [3.8, 4) is 16.3 Å². The zero-order chi connectivity index (χ0) is 20.1. The molecule has 3 aromatic heterocycles. The van der Waals surface area contributed by atoms with Crippen LogP contribution in [0.4, 0.5) is 5.13 Å². The van der Waals surface area contributed by atoms with E-state index in [9.17, 15) is 9.59 Å². The van der Waals surface area contributed by atoms with E-state index in [2.05, 4.69) is 15.4 Å². The first kappa shape index (κ1) is 19.0. The summed E-state index contributed by atoms with van der Waals surface area (Å²) in [5.74, 6) is 0.287. The third-order valence-corrected chi connectivity index (χ3v) is 5.56. The van der Waals surface area contributed by atoms with Crippen molar-refractivity contribution >= 4 is 33.7 Å². The largest absolute Gasteiger partial charge is 0.492 e. The van der Waals surface area contributed by atoms with Crippen molar-refractivity contribution in [2.24, 2.45) is 0 Å². The number of para-hydroxylation sites is 1. The molecule has 1 amide bonds. The predicted molar refractivity (Wildman–Crippen MR) is 114 cm³/mol. The number of thiazole rings is 1. The van der Waals surface area contributed by atoms with Gasteiger partial charge in [0, 0.05) is 11.4 Å². The van der Waals surface area contributed by atoms with Crippen molar-refractivity contribution in [2.75, 3.05) is 11.9 Å². The van der Waals surface area contributed by atoms with Gasteiger partial charge in [-0.2, -0.15) is 5.10 Å². The summed E-state index contributed by atoms with van der Waals surface area (Å²) >= 11 is 2.92. The lowest BCUT2D eigenvalue weighted by molar-refractivity contribution is 0.101. The van der Waals surface area contributed by atoms with Crippen LogP contribution in [0.2, 0.25) is 0 Å². The molecule has 9 heteroatoms. The molecule has 0 fully saturated rings. The molecular formula is C20H16N4O3S2. The van der Waals surface area contributed by atoms with E-state index in [0.717, 1.165) is 10.6 Å². The average molecular weight is 425 g/mol. The van der Waals surface area contributed by atoms with Gasteiger partial charge < -0.3 is 4.74 Å². The lowest BCUT2D eigenvalue weighted by Crippen LogP contribution is -2.28. The molecule has 0 spiro atoms. The highest BCUT2D eigenvalue weighted by molar-refractivity contribution is 7.16. The van der Waals surface area contributed by atoms with Crippen molar-refractivity contribution in [1.29, 1.82) is 0 Å². The van der Waals surface area contributed by atoms with E-state index in [1.54, 1.807) is 11.3 Å². The molecule has 0 aliphatic heterocycles. The molecule has 0 atom stereocenters. The van der Waals surface area contributed by atoms with E-state index in [0.29, 0.717) is 10.9 Å². The monoisotopic (exact) mass is 424 g/mol. The van der Waals surface area contributed by atoms with Crippen molar-refractivity contribution < 1.29 is 9.53 Å². The van der Waals surface area contributed by atoms with Crippen LogP contribution < -0.4 is 15.6 Å². The number of hydrogen-bond donors (Lipinski definition) is 1. The smallest absolute Gasteiger partial charge is 0.277 e. The normalized spacial score (nSPS) is 10.6. The molecule has 0 aliphatic carbocycles. The Hall–Kier alpha value is -3.30. The highest BCUT2D eigenvalue weighted by Crippen LogP contribution is 2.28. The second-order valence-electron chi connectivity index (χ2n) is 5.91. The molecule has 0 saturated heterocycles. The van der Waals surface area contributed by atoms with Gasteiger partial charge in [-0.05, 0) is 29.6 Å². The van der Waals surface area contributed by atoms with E-state index in [-0.39, 0.29) is 24.4 Å². The SMILES string of the molecule is O=C(Nc1nc(-c2cccs2)cs1)c1ccc(=O)n(CCOc2ccccc2)n1. The van der Waals surface area contributed by atoms with Gasteiger partial charge in [0.05, 0.1) is 17.1 Å². The van der Waals surface area contributed by atoms with Gasteiger partial charge in [0.15, 0.2) is 5.13 Å². The Balaban J connectivity index is 1.41. The average Bonchev–Trinajstić information content (AvgIpc) is 3.42. The molecule has 7 nitrogen and oxygen atoms in total. The Labute approximate surface area is 174 Å². The van der Waals surface area contributed by atoms with Crippen LogP contribution in [0, 0.1) is 0 Å². The highest BCUT2D eigenvalue weighted by atomic mass is 32.1. The van der Waals surface area contributed by atoms with Crippen LogP contribution >= 0.6 is 22.7 Å². The van der Waals surface area contributed by atoms with Crippen LogP contribution in [0.3, 0.4) is 0 Å².